The van der Waals surface area contributed by atoms with Gasteiger partial charge in [-0.25, -0.2) is 12.8 Å². The van der Waals surface area contributed by atoms with Crippen LogP contribution in [-0.2, 0) is 14.8 Å². The summed E-state index contributed by atoms with van der Waals surface area (Å²) in [6.45, 7) is 3.44. The van der Waals surface area contributed by atoms with Crippen molar-refractivity contribution < 1.29 is 22.5 Å². The molecule has 2 N–H and O–H groups in total. The van der Waals surface area contributed by atoms with Gasteiger partial charge in [-0.1, -0.05) is 24.3 Å². The van der Waals surface area contributed by atoms with Gasteiger partial charge >= 0.3 is 0 Å². The number of hydrogen-bond acceptors (Lipinski definition) is 3. The minimum atomic E-state index is -3.72. The predicted molar refractivity (Wildman–Crippen MR) is 100 cm³/mol. The first kappa shape index (κ1) is 19.5. The molecule has 8 heteroatoms. The minimum absolute atomic E-state index is 0.0409. The quantitative estimate of drug-likeness (QED) is 0.789. The molecular formula is C19H23FN3O3S+. The lowest BCUT2D eigenvalue weighted by molar-refractivity contribution is -0.917. The molecule has 0 bridgehead atoms. The number of amides is 1. The van der Waals surface area contributed by atoms with E-state index in [1.807, 2.05) is 37.3 Å². The summed E-state index contributed by atoms with van der Waals surface area (Å²) in [7, 11) is -3.72. The van der Waals surface area contributed by atoms with Crippen LogP contribution in [0.3, 0.4) is 0 Å². The lowest BCUT2D eigenvalue weighted by atomic mass is 10.2. The molecule has 1 aliphatic rings. The third-order valence-electron chi connectivity index (χ3n) is 4.85. The maximum atomic E-state index is 13.4. The van der Waals surface area contributed by atoms with Gasteiger partial charge in [-0.2, -0.15) is 4.31 Å². The molecule has 3 rings (SSSR count). The second kappa shape index (κ2) is 8.16. The highest BCUT2D eigenvalue weighted by molar-refractivity contribution is 7.89. The van der Waals surface area contributed by atoms with Crippen LogP contribution in [0, 0.1) is 5.82 Å². The van der Waals surface area contributed by atoms with E-state index in [-0.39, 0.29) is 29.9 Å². The Kier molecular flexibility index (Phi) is 5.88. The molecule has 27 heavy (non-hydrogen) atoms. The van der Waals surface area contributed by atoms with E-state index in [1.165, 1.54) is 22.5 Å². The molecule has 0 spiro atoms. The molecule has 1 amide bonds. The van der Waals surface area contributed by atoms with Crippen molar-refractivity contribution in [2.24, 2.45) is 0 Å². The molecule has 6 nitrogen and oxygen atoms in total. The van der Waals surface area contributed by atoms with Gasteiger partial charge in [0.05, 0.1) is 31.1 Å². The highest BCUT2D eigenvalue weighted by Gasteiger charge is 2.34. The topological polar surface area (TPSA) is 70.9 Å². The van der Waals surface area contributed by atoms with Crippen molar-refractivity contribution in [1.82, 2.24) is 4.31 Å². The maximum absolute atomic E-state index is 13.4. The SMILES string of the molecule is C[C@H](C(=O)Nc1ccccc1)[NH+]1CCN(S(=O)(=O)c2cccc(F)c2)CC1. The first-order valence-corrected chi connectivity index (χ1v) is 10.3. The van der Waals surface area contributed by atoms with Crippen molar-refractivity contribution >= 4 is 21.6 Å². The summed E-state index contributed by atoms with van der Waals surface area (Å²) in [5.74, 6) is -0.677. The van der Waals surface area contributed by atoms with Gasteiger partial charge in [-0.05, 0) is 37.3 Å². The Hall–Kier alpha value is -2.29. The van der Waals surface area contributed by atoms with Crippen LogP contribution in [-0.4, -0.2) is 50.9 Å². The number of halogens is 1. The average Bonchev–Trinajstić information content (AvgIpc) is 2.68. The van der Waals surface area contributed by atoms with Gasteiger partial charge in [0.2, 0.25) is 10.0 Å². The van der Waals surface area contributed by atoms with Gasteiger partial charge in [0, 0.05) is 5.69 Å². The number of nitrogens with one attached hydrogen (secondary N) is 2. The number of piperazine rings is 1. The van der Waals surface area contributed by atoms with Crippen molar-refractivity contribution in [1.29, 1.82) is 0 Å². The van der Waals surface area contributed by atoms with E-state index in [0.29, 0.717) is 13.1 Å². The van der Waals surface area contributed by atoms with Crippen LogP contribution in [0.25, 0.3) is 0 Å². The molecule has 1 heterocycles. The molecular weight excluding hydrogens is 369 g/mol. The van der Waals surface area contributed by atoms with E-state index in [2.05, 4.69) is 5.32 Å². The summed E-state index contributed by atoms with van der Waals surface area (Å²) in [4.78, 5) is 13.4. The first-order chi connectivity index (χ1) is 12.9. The standard InChI is InChI=1S/C19H22FN3O3S/c1-15(19(24)21-17-7-3-2-4-8-17)22-10-12-23(13-11-22)27(25,26)18-9-5-6-16(20)14-18/h2-9,14-15H,10-13H2,1H3,(H,21,24)/p+1/t15-/m1/s1. The fourth-order valence-electron chi connectivity index (χ4n) is 3.18. The molecule has 1 fully saturated rings. The zero-order valence-corrected chi connectivity index (χ0v) is 15.9. The third-order valence-corrected chi connectivity index (χ3v) is 6.74. The normalized spacial score (nSPS) is 17.4. The van der Waals surface area contributed by atoms with Crippen molar-refractivity contribution in [3.63, 3.8) is 0 Å². The van der Waals surface area contributed by atoms with Gasteiger partial charge in [0.15, 0.2) is 6.04 Å². The summed E-state index contributed by atoms with van der Waals surface area (Å²) < 4.78 is 40.0. The number of nitrogens with zero attached hydrogens (tertiary/aromatic N) is 1. The second-order valence-electron chi connectivity index (χ2n) is 6.60. The van der Waals surface area contributed by atoms with Crippen LogP contribution >= 0.6 is 0 Å². The number of para-hydroxylation sites is 1. The van der Waals surface area contributed by atoms with Crippen molar-refractivity contribution in [3.05, 3.63) is 60.4 Å². The zero-order chi connectivity index (χ0) is 19.4. The Balaban J connectivity index is 1.60. The lowest BCUT2D eigenvalue weighted by Crippen LogP contribution is -3.19. The summed E-state index contributed by atoms with van der Waals surface area (Å²) in [6, 6.07) is 14.0. The summed E-state index contributed by atoms with van der Waals surface area (Å²) in [6.07, 6.45) is 0. The molecule has 1 aliphatic heterocycles. The number of hydrogen-bond donors (Lipinski definition) is 2. The fraction of sp³-hybridized carbons (Fsp3) is 0.316. The Labute approximate surface area is 158 Å². The van der Waals surface area contributed by atoms with Gasteiger partial charge in [0.25, 0.3) is 5.91 Å². The Morgan fingerprint density at radius 2 is 1.78 bits per heavy atom. The van der Waals surface area contributed by atoms with Crippen molar-refractivity contribution in [2.75, 3.05) is 31.5 Å². The van der Waals surface area contributed by atoms with E-state index in [0.717, 1.165) is 16.7 Å². The van der Waals surface area contributed by atoms with Crippen molar-refractivity contribution in [3.8, 4) is 0 Å². The number of rotatable bonds is 5. The smallest absolute Gasteiger partial charge is 0.282 e. The highest BCUT2D eigenvalue weighted by Crippen LogP contribution is 2.16. The van der Waals surface area contributed by atoms with Crippen LogP contribution in [0.2, 0.25) is 0 Å². The monoisotopic (exact) mass is 392 g/mol. The predicted octanol–water partition coefficient (Wildman–Crippen LogP) is 0.742. The van der Waals surface area contributed by atoms with E-state index >= 15 is 0 Å². The molecule has 0 unspecified atom stereocenters. The first-order valence-electron chi connectivity index (χ1n) is 8.84. The van der Waals surface area contributed by atoms with E-state index in [1.54, 1.807) is 0 Å². The molecule has 0 radical (unpaired) electrons. The number of quaternary nitrogens is 1. The van der Waals surface area contributed by atoms with Gasteiger partial charge in [-0.3, -0.25) is 4.79 Å². The fourth-order valence-corrected chi connectivity index (χ4v) is 4.65. The van der Waals surface area contributed by atoms with Gasteiger partial charge in [-0.15, -0.1) is 0 Å². The van der Waals surface area contributed by atoms with E-state index < -0.39 is 15.8 Å². The van der Waals surface area contributed by atoms with Gasteiger partial charge in [0.1, 0.15) is 5.82 Å². The maximum Gasteiger partial charge on any atom is 0.282 e. The van der Waals surface area contributed by atoms with Gasteiger partial charge < -0.3 is 10.2 Å². The van der Waals surface area contributed by atoms with Crippen LogP contribution in [0.5, 0.6) is 0 Å². The number of carbonyl (C=O) groups is 1. The Bertz CT molecular complexity index is 897. The van der Waals surface area contributed by atoms with Crippen LogP contribution in [0.15, 0.2) is 59.5 Å². The number of sulfonamides is 1. The van der Waals surface area contributed by atoms with Crippen molar-refractivity contribution in [2.45, 2.75) is 17.9 Å². The third kappa shape index (κ3) is 4.52. The molecule has 0 aliphatic carbocycles. The molecule has 144 valence electrons. The molecule has 2 aromatic rings. The summed E-state index contributed by atoms with van der Waals surface area (Å²) in [5.41, 5.74) is 0.737. The average molecular weight is 392 g/mol. The Morgan fingerprint density at radius 1 is 1.11 bits per heavy atom. The van der Waals surface area contributed by atoms with E-state index in [4.69, 9.17) is 0 Å². The molecule has 0 aromatic heterocycles. The number of benzene rings is 2. The minimum Gasteiger partial charge on any atom is -0.323 e. The highest BCUT2D eigenvalue weighted by atomic mass is 32.2. The summed E-state index contributed by atoms with van der Waals surface area (Å²) in [5, 5.41) is 2.88. The van der Waals surface area contributed by atoms with Crippen LogP contribution in [0.4, 0.5) is 10.1 Å². The Morgan fingerprint density at radius 3 is 2.41 bits per heavy atom. The van der Waals surface area contributed by atoms with Crippen LogP contribution < -0.4 is 10.2 Å². The summed E-state index contributed by atoms with van der Waals surface area (Å²) >= 11 is 0. The number of carbonyl (C=O) groups excluding carboxylic acids is 1. The second-order valence-corrected chi connectivity index (χ2v) is 8.53. The lowest BCUT2D eigenvalue weighted by Gasteiger charge is -2.34. The largest absolute Gasteiger partial charge is 0.323 e. The molecule has 0 saturated carbocycles. The molecule has 1 atom stereocenters. The molecule has 2 aromatic carbocycles. The number of anilines is 1. The van der Waals surface area contributed by atoms with E-state index in [9.17, 15) is 17.6 Å². The molecule has 1 saturated heterocycles. The zero-order valence-electron chi connectivity index (χ0n) is 15.1. The van der Waals surface area contributed by atoms with Crippen LogP contribution in [0.1, 0.15) is 6.92 Å².